The van der Waals surface area contributed by atoms with Crippen LogP contribution in [0.25, 0.3) is 0 Å². The Hall–Kier alpha value is -2.60. The molecule has 7 heteroatoms. The average molecular weight is 469 g/mol. The average Bonchev–Trinajstić information content (AvgIpc) is 3.27. The molecule has 1 aliphatic heterocycles. The van der Waals surface area contributed by atoms with Gasteiger partial charge in [-0.2, -0.15) is 0 Å². The molecule has 3 aromatic rings. The van der Waals surface area contributed by atoms with Gasteiger partial charge in [0.05, 0.1) is 0 Å². The lowest BCUT2D eigenvalue weighted by Crippen LogP contribution is -2.43. The predicted octanol–water partition coefficient (Wildman–Crippen LogP) is 5.37. The third-order valence-electron chi connectivity index (χ3n) is 5.57. The predicted molar refractivity (Wildman–Crippen MR) is 129 cm³/mol. The molecule has 1 atom stereocenters. The van der Waals surface area contributed by atoms with Gasteiger partial charge in [0, 0.05) is 61.2 Å². The number of benzene rings is 2. The lowest BCUT2D eigenvalue weighted by Gasteiger charge is -2.29. The highest BCUT2D eigenvalue weighted by Crippen LogP contribution is 2.20. The number of amides is 2. The molecule has 1 fully saturated rings. The summed E-state index contributed by atoms with van der Waals surface area (Å²) in [4.78, 5) is 21.4. The Bertz CT molecular complexity index is 999. The summed E-state index contributed by atoms with van der Waals surface area (Å²) in [5.74, 6) is 0. The highest BCUT2D eigenvalue weighted by atomic mass is 35.5. The Morgan fingerprint density at radius 2 is 1.66 bits per heavy atom. The Kier molecular flexibility index (Phi) is 7.63. The fourth-order valence-corrected chi connectivity index (χ4v) is 4.39. The van der Waals surface area contributed by atoms with Crippen LogP contribution in [0.5, 0.6) is 0 Å². The number of carbonyl (C=O) groups excluding carboxylic acids is 1. The lowest BCUT2D eigenvalue weighted by molar-refractivity contribution is 0.156. The van der Waals surface area contributed by atoms with E-state index >= 15 is 0 Å². The van der Waals surface area contributed by atoms with Crippen LogP contribution in [0.2, 0.25) is 10.0 Å². The van der Waals surface area contributed by atoms with Crippen molar-refractivity contribution in [3.8, 4) is 0 Å². The SMILES string of the molecule is O=C(N(Cc1cccc(Cl)c1)Cc1cccc(Cl)c1)N1CC[C@H](NCc2cccnc2)C1. The van der Waals surface area contributed by atoms with Gasteiger partial charge in [0.25, 0.3) is 0 Å². The molecule has 5 nitrogen and oxygen atoms in total. The maximum absolute atomic E-state index is 13.5. The normalized spacial score (nSPS) is 15.7. The maximum atomic E-state index is 13.5. The Morgan fingerprint density at radius 3 is 2.25 bits per heavy atom. The molecule has 1 N–H and O–H groups in total. The van der Waals surface area contributed by atoms with E-state index in [4.69, 9.17) is 23.2 Å². The van der Waals surface area contributed by atoms with E-state index in [1.54, 1.807) is 6.20 Å². The summed E-state index contributed by atoms with van der Waals surface area (Å²) in [5, 5.41) is 4.88. The van der Waals surface area contributed by atoms with Gasteiger partial charge in [0.15, 0.2) is 0 Å². The minimum absolute atomic E-state index is 0.0237. The highest BCUT2D eigenvalue weighted by molar-refractivity contribution is 6.30. The van der Waals surface area contributed by atoms with E-state index in [0.29, 0.717) is 29.7 Å². The number of pyridine rings is 1. The van der Waals surface area contributed by atoms with E-state index in [1.165, 1.54) is 0 Å². The second-order valence-corrected chi connectivity index (χ2v) is 8.95. The van der Waals surface area contributed by atoms with Gasteiger partial charge >= 0.3 is 6.03 Å². The van der Waals surface area contributed by atoms with Crippen LogP contribution in [0, 0.1) is 0 Å². The summed E-state index contributed by atoms with van der Waals surface area (Å²) < 4.78 is 0. The standard InChI is InChI=1S/C25H26Cl2N4O/c26-22-7-1-4-19(12-22)16-31(17-20-5-2-8-23(27)13-20)25(32)30-11-9-24(18-30)29-15-21-6-3-10-28-14-21/h1-8,10,12-14,24,29H,9,11,15-18H2/t24-/m0/s1. The van der Waals surface area contributed by atoms with Crippen molar-refractivity contribution < 1.29 is 4.79 Å². The molecule has 1 saturated heterocycles. The smallest absolute Gasteiger partial charge is 0.320 e. The van der Waals surface area contributed by atoms with E-state index in [9.17, 15) is 4.79 Å². The second kappa shape index (κ2) is 10.8. The Balaban J connectivity index is 1.43. The monoisotopic (exact) mass is 468 g/mol. The minimum Gasteiger partial charge on any atom is -0.323 e. The van der Waals surface area contributed by atoms with Gasteiger partial charge in [-0.15, -0.1) is 0 Å². The number of likely N-dealkylation sites (tertiary alicyclic amines) is 1. The molecule has 0 saturated carbocycles. The van der Waals surface area contributed by atoms with E-state index < -0.39 is 0 Å². The summed E-state index contributed by atoms with van der Waals surface area (Å²) in [6.07, 6.45) is 4.56. The molecule has 166 valence electrons. The van der Waals surface area contributed by atoms with Crippen LogP contribution in [-0.4, -0.2) is 39.9 Å². The summed E-state index contributed by atoms with van der Waals surface area (Å²) in [6.45, 7) is 3.12. The van der Waals surface area contributed by atoms with Gasteiger partial charge in [-0.25, -0.2) is 4.79 Å². The van der Waals surface area contributed by atoms with Crippen molar-refractivity contribution in [1.82, 2.24) is 20.1 Å². The molecule has 1 aromatic heterocycles. The summed E-state index contributed by atoms with van der Waals surface area (Å²) in [7, 11) is 0. The van der Waals surface area contributed by atoms with Crippen LogP contribution >= 0.6 is 23.2 Å². The van der Waals surface area contributed by atoms with Crippen LogP contribution < -0.4 is 5.32 Å². The third kappa shape index (κ3) is 6.22. The number of aromatic nitrogens is 1. The van der Waals surface area contributed by atoms with Gasteiger partial charge in [-0.1, -0.05) is 53.5 Å². The molecule has 0 bridgehead atoms. The van der Waals surface area contributed by atoms with Gasteiger partial charge in [-0.05, 0) is 53.4 Å². The molecule has 32 heavy (non-hydrogen) atoms. The quantitative estimate of drug-likeness (QED) is 0.506. The zero-order chi connectivity index (χ0) is 22.3. The molecule has 0 radical (unpaired) electrons. The second-order valence-electron chi connectivity index (χ2n) is 8.07. The zero-order valence-corrected chi connectivity index (χ0v) is 19.3. The number of nitrogens with zero attached hydrogens (tertiary/aromatic N) is 3. The number of carbonyl (C=O) groups is 1. The van der Waals surface area contributed by atoms with E-state index in [0.717, 1.165) is 36.2 Å². The first kappa shape index (κ1) is 22.6. The highest BCUT2D eigenvalue weighted by Gasteiger charge is 2.29. The summed E-state index contributed by atoms with van der Waals surface area (Å²) in [6, 6.07) is 19.6. The molecule has 2 amide bonds. The van der Waals surface area contributed by atoms with Gasteiger partial charge in [-0.3, -0.25) is 4.98 Å². The maximum Gasteiger partial charge on any atom is 0.320 e. The van der Waals surface area contributed by atoms with Crippen LogP contribution in [0.4, 0.5) is 4.79 Å². The molecule has 0 spiro atoms. The van der Waals surface area contributed by atoms with E-state index in [2.05, 4.69) is 16.4 Å². The largest absolute Gasteiger partial charge is 0.323 e. The molecule has 0 aliphatic carbocycles. The van der Waals surface area contributed by atoms with E-state index in [-0.39, 0.29) is 12.1 Å². The van der Waals surface area contributed by atoms with Crippen LogP contribution in [0.15, 0.2) is 73.1 Å². The lowest BCUT2D eigenvalue weighted by atomic mass is 10.1. The van der Waals surface area contributed by atoms with Crippen molar-refractivity contribution in [3.05, 3.63) is 99.8 Å². The van der Waals surface area contributed by atoms with Crippen molar-refractivity contribution in [2.24, 2.45) is 0 Å². The Labute approximate surface area is 199 Å². The van der Waals surface area contributed by atoms with Crippen LogP contribution in [0.3, 0.4) is 0 Å². The molecule has 0 unspecified atom stereocenters. The van der Waals surface area contributed by atoms with Crippen molar-refractivity contribution in [3.63, 3.8) is 0 Å². The van der Waals surface area contributed by atoms with Crippen molar-refractivity contribution in [2.45, 2.75) is 32.1 Å². The third-order valence-corrected chi connectivity index (χ3v) is 6.04. The minimum atomic E-state index is 0.0237. The van der Waals surface area contributed by atoms with Gasteiger partial charge < -0.3 is 15.1 Å². The first-order valence-electron chi connectivity index (χ1n) is 10.7. The number of hydrogen-bond donors (Lipinski definition) is 1. The van der Waals surface area contributed by atoms with Gasteiger partial charge in [0.1, 0.15) is 0 Å². The molecular weight excluding hydrogens is 443 g/mol. The van der Waals surface area contributed by atoms with Crippen molar-refractivity contribution in [2.75, 3.05) is 13.1 Å². The van der Waals surface area contributed by atoms with E-state index in [1.807, 2.05) is 70.6 Å². The summed E-state index contributed by atoms with van der Waals surface area (Å²) >= 11 is 12.4. The fraction of sp³-hybridized carbons (Fsp3) is 0.280. The van der Waals surface area contributed by atoms with Crippen LogP contribution in [-0.2, 0) is 19.6 Å². The van der Waals surface area contributed by atoms with Gasteiger partial charge in [0.2, 0.25) is 0 Å². The molecule has 2 heterocycles. The summed E-state index contributed by atoms with van der Waals surface area (Å²) in [5.41, 5.74) is 3.14. The molecule has 1 aliphatic rings. The number of nitrogens with one attached hydrogen (secondary N) is 1. The Morgan fingerprint density at radius 1 is 1.00 bits per heavy atom. The number of hydrogen-bond acceptors (Lipinski definition) is 3. The molecular formula is C25H26Cl2N4O. The number of rotatable bonds is 7. The first-order valence-corrected chi connectivity index (χ1v) is 11.5. The van der Waals surface area contributed by atoms with Crippen molar-refractivity contribution in [1.29, 1.82) is 0 Å². The number of halogens is 2. The number of urea groups is 1. The van der Waals surface area contributed by atoms with Crippen molar-refractivity contribution >= 4 is 29.2 Å². The fourth-order valence-electron chi connectivity index (χ4n) is 3.97. The molecule has 4 rings (SSSR count). The zero-order valence-electron chi connectivity index (χ0n) is 17.8. The first-order chi connectivity index (χ1) is 15.6. The van der Waals surface area contributed by atoms with Crippen LogP contribution in [0.1, 0.15) is 23.1 Å². The molecule has 2 aromatic carbocycles. The topological polar surface area (TPSA) is 48.5 Å².